The van der Waals surface area contributed by atoms with Crippen molar-refractivity contribution in [1.29, 1.82) is 0 Å². The van der Waals surface area contributed by atoms with Crippen LogP contribution in [0.15, 0.2) is 108 Å². The molecule has 63 heavy (non-hydrogen) atoms. The Labute approximate surface area is 353 Å². The van der Waals surface area contributed by atoms with Crippen molar-refractivity contribution in [3.05, 3.63) is 159 Å². The lowest BCUT2D eigenvalue weighted by Crippen LogP contribution is -2.13. The van der Waals surface area contributed by atoms with Gasteiger partial charge in [0, 0.05) is 41.6 Å². The minimum Gasteiger partial charge on any atom is -0.384 e. The molecule has 8 nitrogen and oxygen atoms in total. The topological polar surface area (TPSA) is 111 Å². The summed E-state index contributed by atoms with van der Waals surface area (Å²) in [5, 5.41) is 3.74. The van der Waals surface area contributed by atoms with Crippen molar-refractivity contribution in [2.75, 3.05) is 5.73 Å². The molecule has 7 aromatic rings. The molecule has 2 N–H and O–H groups in total. The Morgan fingerprint density at radius 3 is 2.00 bits per heavy atom. The third kappa shape index (κ3) is 10.1. The molecule has 0 amide bonds. The number of anilines is 1. The molecule has 8 rings (SSSR count). The molecule has 0 fully saturated rings. The summed E-state index contributed by atoms with van der Waals surface area (Å²) < 4.78 is 120. The van der Waals surface area contributed by atoms with Gasteiger partial charge in [0.15, 0.2) is 11.3 Å². The van der Waals surface area contributed by atoms with Crippen LogP contribution in [-0.4, -0.2) is 36.1 Å². The summed E-state index contributed by atoms with van der Waals surface area (Å²) in [5.41, 5.74) is 8.98. The van der Waals surface area contributed by atoms with E-state index in [-0.39, 0.29) is 52.5 Å². The largest absolute Gasteiger partial charge is 0.433 e. The number of nitrogens with zero attached hydrogens (tertiary/aromatic N) is 6. The monoisotopic (exact) mass is 869 g/mol. The highest BCUT2D eigenvalue weighted by atomic mass is 19.4. The number of nitrogens with two attached hydrogens (primary N) is 1. The summed E-state index contributed by atoms with van der Waals surface area (Å²) in [5.74, 6) is 5.56. The summed E-state index contributed by atoms with van der Waals surface area (Å²) in [4.78, 5) is 29.6. The number of hydrogen-bond acceptors (Lipinski definition) is 7. The zero-order valence-corrected chi connectivity index (χ0v) is 33.3. The van der Waals surface area contributed by atoms with E-state index < -0.39 is 35.3 Å². The number of aryl methyl sites for hydroxylation is 3. The molecule has 1 aliphatic heterocycles. The number of Topliss-reactive ketones (excluding diaryl/α,β-unsaturated/α-hetero) is 1. The van der Waals surface area contributed by atoms with Crippen LogP contribution in [-0.2, 0) is 29.7 Å². The van der Waals surface area contributed by atoms with Crippen LogP contribution in [0.1, 0.15) is 62.4 Å². The number of carbonyl (C=O) groups excluding carboxylic acids is 1. The Bertz CT molecular complexity index is 2950. The highest BCUT2D eigenvalue weighted by molar-refractivity contribution is 6.14. The fraction of sp³-hybridized carbons (Fsp3) is 0.174. The van der Waals surface area contributed by atoms with Gasteiger partial charge in [-0.05, 0) is 109 Å². The molecule has 0 bridgehead atoms. The fourth-order valence-electron chi connectivity index (χ4n) is 6.83. The SMILES string of the molecule is Cc1cc(-c2cccc(C3=Nc4cc(C)c(C(F)(F)F)cc4CC(=O)C3)c2)cc(C)n1.Nc1ccc(C#Cc2cnn3c(C(F)(F)F)cc(-c4ccc(C(F)(F)F)cc4)nc23)cn1. The van der Waals surface area contributed by atoms with Gasteiger partial charge in [-0.1, -0.05) is 42.2 Å². The minimum absolute atomic E-state index is 0.0614. The highest BCUT2D eigenvalue weighted by Gasteiger charge is 2.36. The Morgan fingerprint density at radius 1 is 0.667 bits per heavy atom. The van der Waals surface area contributed by atoms with Crippen LogP contribution < -0.4 is 5.73 Å². The van der Waals surface area contributed by atoms with E-state index in [2.05, 4.69) is 36.9 Å². The number of benzene rings is 3. The summed E-state index contributed by atoms with van der Waals surface area (Å²) in [7, 11) is 0. The first kappa shape index (κ1) is 43.7. The number of alkyl halides is 9. The molecule has 5 heterocycles. The van der Waals surface area contributed by atoms with E-state index in [4.69, 9.17) is 5.73 Å². The van der Waals surface area contributed by atoms with Crippen molar-refractivity contribution < 1.29 is 44.3 Å². The lowest BCUT2D eigenvalue weighted by atomic mass is 9.97. The van der Waals surface area contributed by atoms with E-state index in [1.165, 1.54) is 25.3 Å². The van der Waals surface area contributed by atoms with Crippen LogP contribution in [0, 0.1) is 32.6 Å². The van der Waals surface area contributed by atoms with Crippen molar-refractivity contribution in [2.24, 2.45) is 4.99 Å². The summed E-state index contributed by atoms with van der Waals surface area (Å²) in [6.07, 6.45) is -11.3. The maximum Gasteiger partial charge on any atom is 0.433 e. The number of halogens is 9. The molecule has 0 saturated carbocycles. The first-order valence-electron chi connectivity index (χ1n) is 18.9. The van der Waals surface area contributed by atoms with E-state index >= 15 is 0 Å². The van der Waals surface area contributed by atoms with Crippen molar-refractivity contribution in [3.63, 3.8) is 0 Å². The maximum atomic E-state index is 13.6. The van der Waals surface area contributed by atoms with E-state index in [1.54, 1.807) is 6.07 Å². The summed E-state index contributed by atoms with van der Waals surface area (Å²) in [6.45, 7) is 5.28. The summed E-state index contributed by atoms with van der Waals surface area (Å²) in [6, 6.07) is 21.7. The van der Waals surface area contributed by atoms with Gasteiger partial charge in [0.2, 0.25) is 0 Å². The van der Waals surface area contributed by atoms with Gasteiger partial charge in [-0.2, -0.15) is 44.6 Å². The zero-order valence-electron chi connectivity index (χ0n) is 33.3. The molecule has 0 atom stereocenters. The summed E-state index contributed by atoms with van der Waals surface area (Å²) >= 11 is 0. The number of aromatic nitrogens is 5. The first-order chi connectivity index (χ1) is 29.6. The molecule has 0 radical (unpaired) electrons. The standard InChI is InChI=1S/C25H21F3N2O.C21H11F6N5/c1-14-7-23-20(12-22(14)25(26,27)28)11-21(31)13-24(30-23)18-6-4-5-17(10-18)19-8-15(2)29-16(3)9-19;22-20(23,24)15-6-4-13(5-7-15)16-9-17(21(25,26)27)32-19(31-16)14(11-30-32)3-1-12-2-8-18(28)29-10-12/h4-10,12H,11,13H2,1-3H3;2,4-11H,(H2,28,29). The molecule has 0 unspecified atom stereocenters. The normalized spacial score (nSPS) is 13.0. The second-order valence-corrected chi connectivity index (χ2v) is 14.6. The van der Waals surface area contributed by atoms with Gasteiger partial charge in [-0.3, -0.25) is 14.8 Å². The third-order valence-corrected chi connectivity index (χ3v) is 9.75. The van der Waals surface area contributed by atoms with E-state index in [0.717, 1.165) is 70.7 Å². The average molecular weight is 870 g/mol. The highest BCUT2D eigenvalue weighted by Crippen LogP contribution is 2.38. The fourth-order valence-corrected chi connectivity index (χ4v) is 6.83. The number of hydrogen-bond donors (Lipinski definition) is 1. The third-order valence-electron chi connectivity index (χ3n) is 9.75. The van der Waals surface area contributed by atoms with Crippen LogP contribution in [0.2, 0.25) is 0 Å². The van der Waals surface area contributed by atoms with Crippen LogP contribution in [0.25, 0.3) is 28.0 Å². The molecule has 0 aliphatic carbocycles. The first-order valence-corrected chi connectivity index (χ1v) is 18.9. The smallest absolute Gasteiger partial charge is 0.384 e. The Hall–Kier alpha value is -7.35. The lowest BCUT2D eigenvalue weighted by molar-refractivity contribution is -0.142. The van der Waals surface area contributed by atoms with Gasteiger partial charge in [0.25, 0.3) is 0 Å². The van der Waals surface area contributed by atoms with Gasteiger partial charge < -0.3 is 5.73 Å². The van der Waals surface area contributed by atoms with Crippen LogP contribution in [0.4, 0.5) is 51.0 Å². The molecule has 17 heteroatoms. The van der Waals surface area contributed by atoms with Crippen LogP contribution in [0.3, 0.4) is 0 Å². The molecule has 3 aromatic carbocycles. The number of nitrogen functional groups attached to an aromatic ring is 1. The second-order valence-electron chi connectivity index (χ2n) is 14.6. The van der Waals surface area contributed by atoms with Crippen molar-refractivity contribution in [1.82, 2.24) is 24.6 Å². The molecular weight excluding hydrogens is 838 g/mol. The Balaban J connectivity index is 0.000000189. The van der Waals surface area contributed by atoms with E-state index in [9.17, 15) is 44.3 Å². The molecule has 1 aliphatic rings. The van der Waals surface area contributed by atoms with E-state index in [0.29, 0.717) is 27.0 Å². The van der Waals surface area contributed by atoms with Crippen molar-refractivity contribution in [2.45, 2.75) is 52.1 Å². The van der Waals surface area contributed by atoms with Gasteiger partial charge >= 0.3 is 18.5 Å². The van der Waals surface area contributed by atoms with Gasteiger partial charge in [-0.25, -0.2) is 14.5 Å². The number of ketones is 1. The lowest BCUT2D eigenvalue weighted by Gasteiger charge is -2.13. The van der Waals surface area contributed by atoms with Crippen molar-refractivity contribution >= 4 is 28.6 Å². The number of rotatable bonds is 3. The number of fused-ring (bicyclic) bond motifs is 2. The molecule has 0 spiro atoms. The van der Waals surface area contributed by atoms with Gasteiger partial charge in [0.1, 0.15) is 11.6 Å². The predicted molar refractivity (Wildman–Crippen MR) is 218 cm³/mol. The number of carbonyl (C=O) groups is 1. The van der Waals surface area contributed by atoms with Crippen LogP contribution >= 0.6 is 0 Å². The number of pyridine rings is 2. The van der Waals surface area contributed by atoms with E-state index in [1.807, 2.05) is 50.2 Å². The van der Waals surface area contributed by atoms with Gasteiger partial charge in [0.05, 0.1) is 40.0 Å². The Kier molecular flexibility index (Phi) is 11.7. The minimum atomic E-state index is -4.79. The maximum absolute atomic E-state index is 13.6. The van der Waals surface area contributed by atoms with Crippen LogP contribution in [0.5, 0.6) is 0 Å². The Morgan fingerprint density at radius 2 is 1.37 bits per heavy atom. The number of aliphatic imine (C=N–C) groups is 1. The molecule has 320 valence electrons. The molecular formula is C46H32F9N7O. The molecule has 4 aromatic heterocycles. The quantitative estimate of drug-likeness (QED) is 0.140. The van der Waals surface area contributed by atoms with Gasteiger partial charge in [-0.15, -0.1) is 0 Å². The van der Waals surface area contributed by atoms with Crippen molar-refractivity contribution in [3.8, 4) is 34.2 Å². The average Bonchev–Trinajstić information content (AvgIpc) is 3.54. The zero-order chi connectivity index (χ0) is 45.4. The predicted octanol–water partition coefficient (Wildman–Crippen LogP) is 11.1. The second kappa shape index (κ2) is 16.8. The molecule has 0 saturated heterocycles.